The molecule has 6 heteroatoms. The molecule has 0 atom stereocenters. The van der Waals surface area contributed by atoms with E-state index in [2.05, 4.69) is 10.6 Å². The van der Waals surface area contributed by atoms with Crippen molar-refractivity contribution in [2.75, 3.05) is 24.1 Å². The van der Waals surface area contributed by atoms with E-state index in [0.717, 1.165) is 0 Å². The maximum absolute atomic E-state index is 11.5. The number of aromatic carboxylic acids is 1. The minimum atomic E-state index is -1.05. The van der Waals surface area contributed by atoms with Crippen LogP contribution in [0.5, 0.6) is 0 Å². The van der Waals surface area contributed by atoms with Gasteiger partial charge < -0.3 is 21.5 Å². The third-order valence-corrected chi connectivity index (χ3v) is 2.67. The Kier molecular flexibility index (Phi) is 5.83. The van der Waals surface area contributed by atoms with Crippen LogP contribution >= 0.6 is 0 Å². The molecule has 0 unspecified atom stereocenters. The molecule has 20 heavy (non-hydrogen) atoms. The molecule has 5 N–H and O–H groups in total. The predicted molar refractivity (Wildman–Crippen MR) is 78.8 cm³/mol. The third kappa shape index (κ3) is 5.17. The van der Waals surface area contributed by atoms with Crippen molar-refractivity contribution in [2.24, 2.45) is 5.92 Å². The van der Waals surface area contributed by atoms with Gasteiger partial charge in [0, 0.05) is 30.9 Å². The van der Waals surface area contributed by atoms with E-state index in [1.54, 1.807) is 12.1 Å². The van der Waals surface area contributed by atoms with Crippen molar-refractivity contribution >= 4 is 23.3 Å². The van der Waals surface area contributed by atoms with E-state index in [4.69, 9.17) is 10.8 Å². The van der Waals surface area contributed by atoms with Crippen LogP contribution in [0.1, 0.15) is 30.6 Å². The van der Waals surface area contributed by atoms with Gasteiger partial charge in [0.05, 0.1) is 5.56 Å². The number of nitrogen functional groups attached to an aromatic ring is 1. The summed E-state index contributed by atoms with van der Waals surface area (Å²) in [6.45, 7) is 5.20. The van der Waals surface area contributed by atoms with Crippen molar-refractivity contribution in [1.82, 2.24) is 5.32 Å². The van der Waals surface area contributed by atoms with Gasteiger partial charge in [-0.3, -0.25) is 4.79 Å². The highest BCUT2D eigenvalue weighted by Crippen LogP contribution is 2.17. The van der Waals surface area contributed by atoms with Crippen molar-refractivity contribution < 1.29 is 14.7 Å². The molecule has 0 bridgehead atoms. The summed E-state index contributed by atoms with van der Waals surface area (Å²) in [5.41, 5.74) is 6.61. The first-order chi connectivity index (χ1) is 9.40. The first-order valence-corrected chi connectivity index (χ1v) is 6.53. The number of carboxylic acid groups (broad SMARTS) is 1. The van der Waals surface area contributed by atoms with Crippen LogP contribution in [-0.4, -0.2) is 30.1 Å². The van der Waals surface area contributed by atoms with Gasteiger partial charge in [0.1, 0.15) is 0 Å². The van der Waals surface area contributed by atoms with Gasteiger partial charge in [0.25, 0.3) is 0 Å². The van der Waals surface area contributed by atoms with Crippen LogP contribution in [-0.2, 0) is 4.79 Å². The van der Waals surface area contributed by atoms with Crippen LogP contribution in [0.2, 0.25) is 0 Å². The maximum atomic E-state index is 11.5. The third-order valence-electron chi connectivity index (χ3n) is 2.67. The highest BCUT2D eigenvalue weighted by Gasteiger charge is 2.08. The summed E-state index contributed by atoms with van der Waals surface area (Å²) in [6, 6.07) is 4.63. The molecule has 0 saturated heterocycles. The zero-order valence-corrected chi connectivity index (χ0v) is 11.8. The number of hydrogen-bond donors (Lipinski definition) is 4. The van der Waals surface area contributed by atoms with Crippen molar-refractivity contribution in [1.29, 1.82) is 0 Å². The Balaban J connectivity index is 2.41. The first-order valence-electron chi connectivity index (χ1n) is 6.53. The lowest BCUT2D eigenvalue weighted by Gasteiger charge is -2.10. The largest absolute Gasteiger partial charge is 0.478 e. The second kappa shape index (κ2) is 7.37. The Morgan fingerprint density at radius 3 is 2.60 bits per heavy atom. The SMILES string of the molecule is CC(C)CNC(=O)CCNc1ccc(C(=O)O)c(N)c1. The lowest BCUT2D eigenvalue weighted by atomic mass is 10.1. The minimum absolute atomic E-state index is 0.0127. The Hall–Kier alpha value is -2.24. The normalized spacial score (nSPS) is 10.3. The maximum Gasteiger partial charge on any atom is 0.337 e. The van der Waals surface area contributed by atoms with Crippen LogP contribution in [0.15, 0.2) is 18.2 Å². The number of amides is 1. The molecule has 0 radical (unpaired) electrons. The molecular weight excluding hydrogens is 258 g/mol. The number of carbonyl (C=O) groups excluding carboxylic acids is 1. The number of nitrogens with one attached hydrogen (secondary N) is 2. The fourth-order valence-electron chi connectivity index (χ4n) is 1.59. The average Bonchev–Trinajstić information content (AvgIpc) is 2.36. The summed E-state index contributed by atoms with van der Waals surface area (Å²) in [7, 11) is 0. The molecule has 110 valence electrons. The highest BCUT2D eigenvalue weighted by atomic mass is 16.4. The molecule has 0 aliphatic carbocycles. The lowest BCUT2D eigenvalue weighted by molar-refractivity contribution is -0.120. The van der Waals surface area contributed by atoms with Gasteiger partial charge in [0.2, 0.25) is 5.91 Å². The van der Waals surface area contributed by atoms with Crippen molar-refractivity contribution in [3.05, 3.63) is 23.8 Å². The molecule has 0 saturated carbocycles. The zero-order valence-electron chi connectivity index (χ0n) is 11.8. The average molecular weight is 279 g/mol. The van der Waals surface area contributed by atoms with Crippen LogP contribution < -0.4 is 16.4 Å². The zero-order chi connectivity index (χ0) is 15.1. The number of rotatable bonds is 7. The van der Waals surface area contributed by atoms with E-state index < -0.39 is 5.97 Å². The van der Waals surface area contributed by atoms with Gasteiger partial charge in [-0.05, 0) is 24.1 Å². The molecule has 0 aliphatic heterocycles. The molecule has 6 nitrogen and oxygen atoms in total. The molecule has 0 aliphatic rings. The lowest BCUT2D eigenvalue weighted by Crippen LogP contribution is -2.28. The quantitative estimate of drug-likeness (QED) is 0.567. The van der Waals surface area contributed by atoms with Gasteiger partial charge >= 0.3 is 5.97 Å². The Labute approximate surface area is 118 Å². The summed E-state index contributed by atoms with van der Waals surface area (Å²) in [4.78, 5) is 22.3. The summed E-state index contributed by atoms with van der Waals surface area (Å²) in [5.74, 6) is -0.640. The number of anilines is 2. The molecule has 0 aromatic heterocycles. The summed E-state index contributed by atoms with van der Waals surface area (Å²) >= 11 is 0. The van der Waals surface area contributed by atoms with Crippen molar-refractivity contribution in [3.8, 4) is 0 Å². The monoisotopic (exact) mass is 279 g/mol. The molecule has 1 amide bonds. The summed E-state index contributed by atoms with van der Waals surface area (Å²) in [6.07, 6.45) is 0.354. The van der Waals surface area contributed by atoms with E-state index in [9.17, 15) is 9.59 Å². The Bertz CT molecular complexity index is 487. The van der Waals surface area contributed by atoms with Crippen LogP contribution in [0.4, 0.5) is 11.4 Å². The van der Waals surface area contributed by atoms with E-state index in [-0.39, 0.29) is 17.2 Å². The molecule has 1 aromatic carbocycles. The van der Waals surface area contributed by atoms with Gasteiger partial charge in [-0.2, -0.15) is 0 Å². The van der Waals surface area contributed by atoms with Gasteiger partial charge in [-0.25, -0.2) is 4.79 Å². The fraction of sp³-hybridized carbons (Fsp3) is 0.429. The van der Waals surface area contributed by atoms with E-state index in [0.29, 0.717) is 31.1 Å². The molecule has 1 rings (SSSR count). The second-order valence-corrected chi connectivity index (χ2v) is 4.98. The van der Waals surface area contributed by atoms with Crippen LogP contribution in [0.3, 0.4) is 0 Å². The van der Waals surface area contributed by atoms with E-state index >= 15 is 0 Å². The molecule has 0 heterocycles. The summed E-state index contributed by atoms with van der Waals surface area (Å²) < 4.78 is 0. The highest BCUT2D eigenvalue weighted by molar-refractivity contribution is 5.94. The van der Waals surface area contributed by atoms with Gasteiger partial charge in [-0.1, -0.05) is 13.8 Å². The topological polar surface area (TPSA) is 104 Å². The minimum Gasteiger partial charge on any atom is -0.478 e. The van der Waals surface area contributed by atoms with E-state index in [1.165, 1.54) is 6.07 Å². The number of benzene rings is 1. The number of carboxylic acids is 1. The predicted octanol–water partition coefficient (Wildman–Crippen LogP) is 1.54. The van der Waals surface area contributed by atoms with Crippen LogP contribution in [0.25, 0.3) is 0 Å². The summed E-state index contributed by atoms with van der Waals surface area (Å²) in [5, 5.41) is 14.7. The van der Waals surface area contributed by atoms with Crippen molar-refractivity contribution in [2.45, 2.75) is 20.3 Å². The Morgan fingerprint density at radius 1 is 1.35 bits per heavy atom. The second-order valence-electron chi connectivity index (χ2n) is 4.98. The standard InChI is InChI=1S/C14H21N3O3/c1-9(2)8-17-13(18)5-6-16-10-3-4-11(14(19)20)12(15)7-10/h3-4,7,9,16H,5-6,8,15H2,1-2H3,(H,17,18)(H,19,20). The molecular formula is C14H21N3O3. The van der Waals surface area contributed by atoms with E-state index in [1.807, 2.05) is 13.8 Å². The van der Waals surface area contributed by atoms with Gasteiger partial charge in [0.15, 0.2) is 0 Å². The first kappa shape index (κ1) is 15.8. The van der Waals surface area contributed by atoms with Gasteiger partial charge in [-0.15, -0.1) is 0 Å². The van der Waals surface area contributed by atoms with Crippen LogP contribution in [0, 0.1) is 5.92 Å². The van der Waals surface area contributed by atoms with Crippen molar-refractivity contribution in [3.63, 3.8) is 0 Å². The molecule has 0 spiro atoms. The molecule has 1 aromatic rings. The number of carbonyl (C=O) groups is 2. The fourth-order valence-corrected chi connectivity index (χ4v) is 1.59. The molecule has 0 fully saturated rings. The smallest absolute Gasteiger partial charge is 0.337 e. The number of nitrogens with two attached hydrogens (primary N) is 1. The number of hydrogen-bond acceptors (Lipinski definition) is 4. The Morgan fingerprint density at radius 2 is 2.05 bits per heavy atom.